The summed E-state index contributed by atoms with van der Waals surface area (Å²) in [5, 5.41) is 19.2. The van der Waals surface area contributed by atoms with Crippen LogP contribution < -0.4 is 0 Å². The van der Waals surface area contributed by atoms with Crippen molar-refractivity contribution in [3.8, 4) is 0 Å². The van der Waals surface area contributed by atoms with Crippen molar-refractivity contribution in [2.75, 3.05) is 0 Å². The molecular weight excluding hydrogens is 335 g/mol. The second-order valence-corrected chi connectivity index (χ2v) is 4.18. The third-order valence-corrected chi connectivity index (χ3v) is 2.61. The molecule has 0 atom stereocenters. The number of nitro groups is 1. The Morgan fingerprint density at radius 2 is 2.00 bits per heavy atom. The van der Waals surface area contributed by atoms with Gasteiger partial charge in [0.1, 0.15) is 0 Å². The summed E-state index contributed by atoms with van der Waals surface area (Å²) in [5.41, 5.74) is -2.20. The molecule has 0 saturated carbocycles. The van der Waals surface area contributed by atoms with Crippen molar-refractivity contribution < 1.29 is 28.0 Å². The maximum Gasteiger partial charge on any atom is 0.416 e. The lowest BCUT2D eigenvalue weighted by Gasteiger charge is -2.09. The van der Waals surface area contributed by atoms with Crippen LogP contribution in [0.1, 0.15) is 11.1 Å². The van der Waals surface area contributed by atoms with Gasteiger partial charge in [-0.2, -0.15) is 13.2 Å². The maximum atomic E-state index is 12.5. The molecule has 0 saturated heterocycles. The fourth-order valence-electron chi connectivity index (χ4n) is 1.26. The first kappa shape index (κ1) is 15.2. The predicted octanol–water partition coefficient (Wildman–Crippen LogP) is 3.47. The highest BCUT2D eigenvalue weighted by molar-refractivity contribution is 9.10. The minimum atomic E-state index is -4.69. The number of nitro benzene ring substituents is 1. The Labute approximate surface area is 112 Å². The number of carboxylic acid groups (broad SMARTS) is 1. The van der Waals surface area contributed by atoms with E-state index in [4.69, 9.17) is 5.11 Å². The van der Waals surface area contributed by atoms with E-state index in [1.54, 1.807) is 0 Å². The minimum absolute atomic E-state index is 0.377. The standard InChI is InChI=1S/C10H5BrF3NO4/c11-7-4-6(10(12,13)14)3-5(1-2-8(16)17)9(7)15(18)19/h1-4H,(H,16,17)/b2-1+. The van der Waals surface area contributed by atoms with Crippen molar-refractivity contribution in [2.45, 2.75) is 6.18 Å². The number of hydrogen-bond acceptors (Lipinski definition) is 3. The molecule has 0 radical (unpaired) electrons. The van der Waals surface area contributed by atoms with Gasteiger partial charge in [-0.15, -0.1) is 0 Å². The lowest BCUT2D eigenvalue weighted by atomic mass is 10.1. The molecule has 1 rings (SSSR count). The molecular formula is C10H5BrF3NO4. The van der Waals surface area contributed by atoms with E-state index in [1.165, 1.54) is 0 Å². The molecule has 0 spiro atoms. The van der Waals surface area contributed by atoms with E-state index in [0.717, 1.165) is 6.08 Å². The Balaban J connectivity index is 3.50. The number of carbonyl (C=O) groups is 1. The van der Waals surface area contributed by atoms with E-state index < -0.39 is 33.9 Å². The van der Waals surface area contributed by atoms with Gasteiger partial charge in [-0.25, -0.2) is 4.79 Å². The summed E-state index contributed by atoms with van der Waals surface area (Å²) < 4.78 is 37.3. The van der Waals surface area contributed by atoms with Crippen LogP contribution in [0.5, 0.6) is 0 Å². The van der Waals surface area contributed by atoms with Gasteiger partial charge in [0.15, 0.2) is 0 Å². The van der Waals surface area contributed by atoms with Crippen LogP contribution in [0.2, 0.25) is 0 Å². The summed E-state index contributed by atoms with van der Waals surface area (Å²) in [6, 6.07) is 1.08. The van der Waals surface area contributed by atoms with Gasteiger partial charge in [-0.1, -0.05) is 0 Å². The van der Waals surface area contributed by atoms with Crippen LogP contribution in [0.3, 0.4) is 0 Å². The SMILES string of the molecule is O=C(O)/C=C/c1cc(C(F)(F)F)cc(Br)c1[N+](=O)[O-]. The number of alkyl halides is 3. The lowest BCUT2D eigenvalue weighted by Crippen LogP contribution is -2.06. The van der Waals surface area contributed by atoms with Crippen molar-refractivity contribution in [3.05, 3.63) is 43.9 Å². The highest BCUT2D eigenvalue weighted by Crippen LogP contribution is 2.37. The van der Waals surface area contributed by atoms with E-state index in [9.17, 15) is 28.1 Å². The first-order valence-electron chi connectivity index (χ1n) is 4.59. The van der Waals surface area contributed by atoms with Gasteiger partial charge in [0.2, 0.25) is 0 Å². The van der Waals surface area contributed by atoms with E-state index >= 15 is 0 Å². The zero-order chi connectivity index (χ0) is 14.8. The molecule has 0 heterocycles. The molecule has 0 bridgehead atoms. The highest BCUT2D eigenvalue weighted by Gasteiger charge is 2.33. The predicted molar refractivity (Wildman–Crippen MR) is 62.5 cm³/mol. The van der Waals surface area contributed by atoms with E-state index in [0.29, 0.717) is 18.2 Å². The van der Waals surface area contributed by atoms with Gasteiger partial charge in [-0.3, -0.25) is 10.1 Å². The number of halogens is 4. The monoisotopic (exact) mass is 339 g/mol. The first-order valence-corrected chi connectivity index (χ1v) is 5.38. The third kappa shape index (κ3) is 3.78. The normalized spacial score (nSPS) is 11.8. The van der Waals surface area contributed by atoms with Crippen molar-refractivity contribution >= 4 is 33.7 Å². The van der Waals surface area contributed by atoms with Gasteiger partial charge in [0.25, 0.3) is 5.69 Å². The molecule has 9 heteroatoms. The largest absolute Gasteiger partial charge is 0.478 e. The fraction of sp³-hybridized carbons (Fsp3) is 0.100. The summed E-state index contributed by atoms with van der Waals surface area (Å²) in [7, 11) is 0. The lowest BCUT2D eigenvalue weighted by molar-refractivity contribution is -0.385. The molecule has 0 amide bonds. The topological polar surface area (TPSA) is 80.4 Å². The average molecular weight is 340 g/mol. The molecule has 0 aliphatic heterocycles. The summed E-state index contributed by atoms with van der Waals surface area (Å²) in [6.07, 6.45) is -3.43. The van der Waals surface area contributed by atoms with Crippen LogP contribution in [0.15, 0.2) is 22.7 Å². The Hall–Kier alpha value is -1.90. The number of benzene rings is 1. The van der Waals surface area contributed by atoms with E-state index in [2.05, 4.69) is 15.9 Å². The van der Waals surface area contributed by atoms with Crippen LogP contribution in [0, 0.1) is 10.1 Å². The smallest absolute Gasteiger partial charge is 0.416 e. The second kappa shape index (κ2) is 5.39. The van der Waals surface area contributed by atoms with Gasteiger partial charge in [0, 0.05) is 6.08 Å². The molecule has 0 aromatic heterocycles. The quantitative estimate of drug-likeness (QED) is 0.519. The van der Waals surface area contributed by atoms with Gasteiger partial charge >= 0.3 is 12.1 Å². The van der Waals surface area contributed by atoms with Gasteiger partial charge < -0.3 is 5.11 Å². The Kier molecular flexibility index (Phi) is 4.30. The molecule has 102 valence electrons. The van der Waals surface area contributed by atoms with Gasteiger partial charge in [0.05, 0.1) is 20.5 Å². The molecule has 5 nitrogen and oxygen atoms in total. The van der Waals surface area contributed by atoms with Crippen molar-refractivity contribution in [2.24, 2.45) is 0 Å². The van der Waals surface area contributed by atoms with Crippen LogP contribution in [-0.4, -0.2) is 16.0 Å². The molecule has 1 N–H and O–H groups in total. The summed E-state index contributed by atoms with van der Waals surface area (Å²) in [4.78, 5) is 20.2. The van der Waals surface area contributed by atoms with Crippen LogP contribution in [0.25, 0.3) is 6.08 Å². The van der Waals surface area contributed by atoms with Crippen molar-refractivity contribution in [1.82, 2.24) is 0 Å². The molecule has 0 fully saturated rings. The zero-order valence-electron chi connectivity index (χ0n) is 8.94. The molecule has 19 heavy (non-hydrogen) atoms. The van der Waals surface area contributed by atoms with E-state index in [1.807, 2.05) is 0 Å². The molecule has 0 aliphatic rings. The van der Waals surface area contributed by atoms with Crippen molar-refractivity contribution in [3.63, 3.8) is 0 Å². The average Bonchev–Trinajstić information content (AvgIpc) is 2.23. The zero-order valence-corrected chi connectivity index (χ0v) is 10.5. The molecule has 0 aliphatic carbocycles. The fourth-order valence-corrected chi connectivity index (χ4v) is 1.89. The number of aliphatic carboxylic acids is 1. The number of hydrogen-bond donors (Lipinski definition) is 1. The third-order valence-electron chi connectivity index (χ3n) is 2.01. The Morgan fingerprint density at radius 3 is 2.42 bits per heavy atom. The minimum Gasteiger partial charge on any atom is -0.478 e. The highest BCUT2D eigenvalue weighted by atomic mass is 79.9. The first-order chi connectivity index (χ1) is 8.62. The van der Waals surface area contributed by atoms with Crippen molar-refractivity contribution in [1.29, 1.82) is 0 Å². The Morgan fingerprint density at radius 1 is 1.42 bits per heavy atom. The van der Waals surface area contributed by atoms with Crippen LogP contribution >= 0.6 is 15.9 Å². The second-order valence-electron chi connectivity index (χ2n) is 3.32. The molecule has 1 aromatic rings. The Bertz CT molecular complexity index is 569. The summed E-state index contributed by atoms with van der Waals surface area (Å²) in [5.74, 6) is -1.43. The number of nitrogens with zero attached hydrogens (tertiary/aromatic N) is 1. The molecule has 1 aromatic carbocycles. The van der Waals surface area contributed by atoms with Crippen LogP contribution in [0.4, 0.5) is 18.9 Å². The number of rotatable bonds is 3. The molecule has 0 unspecified atom stereocenters. The van der Waals surface area contributed by atoms with Crippen LogP contribution in [-0.2, 0) is 11.0 Å². The van der Waals surface area contributed by atoms with E-state index in [-0.39, 0.29) is 4.47 Å². The summed E-state index contributed by atoms with van der Waals surface area (Å²) in [6.45, 7) is 0. The van der Waals surface area contributed by atoms with Gasteiger partial charge in [-0.05, 0) is 34.1 Å². The maximum absolute atomic E-state index is 12.5. The summed E-state index contributed by atoms with van der Waals surface area (Å²) >= 11 is 2.68. The number of carboxylic acids is 1.